The molecule has 1 aromatic carbocycles. The van der Waals surface area contributed by atoms with Gasteiger partial charge in [0.15, 0.2) is 5.78 Å². The number of rotatable bonds is 2. The van der Waals surface area contributed by atoms with Crippen LogP contribution in [0.4, 0.5) is 5.69 Å². The Kier molecular flexibility index (Phi) is 3.94. The highest BCUT2D eigenvalue weighted by Gasteiger charge is 2.15. The SMILES string of the molecule is COC(=O)c1ccc(N2CCNCC(=O)C2)cc1. The molecule has 0 atom stereocenters. The Morgan fingerprint density at radius 3 is 2.72 bits per heavy atom. The summed E-state index contributed by atoms with van der Waals surface area (Å²) in [4.78, 5) is 24.8. The molecule has 1 N–H and O–H groups in total. The summed E-state index contributed by atoms with van der Waals surface area (Å²) in [7, 11) is 1.36. The van der Waals surface area contributed by atoms with E-state index in [-0.39, 0.29) is 11.8 Å². The Balaban J connectivity index is 2.13. The van der Waals surface area contributed by atoms with Crippen molar-refractivity contribution in [2.24, 2.45) is 0 Å². The van der Waals surface area contributed by atoms with Crippen molar-refractivity contribution in [1.82, 2.24) is 5.32 Å². The normalized spacial score (nSPS) is 16.3. The second-order valence-corrected chi connectivity index (χ2v) is 4.18. The summed E-state index contributed by atoms with van der Waals surface area (Å²) in [6.45, 7) is 2.40. The minimum Gasteiger partial charge on any atom is -0.465 e. The molecule has 1 heterocycles. The minimum atomic E-state index is -0.352. The third-order valence-corrected chi connectivity index (χ3v) is 2.90. The van der Waals surface area contributed by atoms with Gasteiger partial charge in [-0.25, -0.2) is 4.79 Å². The first kappa shape index (κ1) is 12.6. The van der Waals surface area contributed by atoms with E-state index in [9.17, 15) is 9.59 Å². The fraction of sp³-hybridized carbons (Fsp3) is 0.385. The number of Topliss-reactive ketones (excluding diaryl/α,β-unsaturated/α-hetero) is 1. The standard InChI is InChI=1S/C13H16N2O3/c1-18-13(17)10-2-4-11(5-3-10)15-7-6-14-8-12(16)9-15/h2-5,14H,6-9H2,1H3. The van der Waals surface area contributed by atoms with E-state index in [2.05, 4.69) is 10.1 Å². The maximum atomic E-state index is 11.5. The van der Waals surface area contributed by atoms with Crippen molar-refractivity contribution in [1.29, 1.82) is 0 Å². The van der Waals surface area contributed by atoms with E-state index in [0.29, 0.717) is 18.7 Å². The monoisotopic (exact) mass is 248 g/mol. The van der Waals surface area contributed by atoms with Gasteiger partial charge in [0.1, 0.15) is 0 Å². The van der Waals surface area contributed by atoms with Crippen molar-refractivity contribution in [2.45, 2.75) is 0 Å². The number of hydrogen-bond acceptors (Lipinski definition) is 5. The highest BCUT2D eigenvalue weighted by molar-refractivity contribution is 5.90. The predicted molar refractivity (Wildman–Crippen MR) is 67.9 cm³/mol. The number of methoxy groups -OCH3 is 1. The summed E-state index contributed by atoms with van der Waals surface area (Å²) in [6.07, 6.45) is 0. The predicted octanol–water partition coefficient (Wildman–Crippen LogP) is 0.452. The van der Waals surface area contributed by atoms with Crippen LogP contribution in [0.25, 0.3) is 0 Å². The molecule has 0 aliphatic carbocycles. The number of carbonyl (C=O) groups is 2. The van der Waals surface area contributed by atoms with Gasteiger partial charge in [0.05, 0.1) is 25.8 Å². The number of ether oxygens (including phenoxy) is 1. The topological polar surface area (TPSA) is 58.6 Å². The van der Waals surface area contributed by atoms with Gasteiger partial charge in [-0.05, 0) is 24.3 Å². The van der Waals surface area contributed by atoms with Crippen LogP contribution in [-0.4, -0.2) is 45.0 Å². The van der Waals surface area contributed by atoms with Crippen molar-refractivity contribution in [2.75, 3.05) is 38.2 Å². The molecule has 96 valence electrons. The molecule has 0 bridgehead atoms. The summed E-state index contributed by atoms with van der Waals surface area (Å²) >= 11 is 0. The largest absolute Gasteiger partial charge is 0.465 e. The van der Waals surface area contributed by atoms with Gasteiger partial charge in [0.25, 0.3) is 0 Å². The molecule has 0 aromatic heterocycles. The molecule has 0 spiro atoms. The molecule has 5 heteroatoms. The molecule has 0 saturated carbocycles. The van der Waals surface area contributed by atoms with Crippen LogP contribution in [0.2, 0.25) is 0 Å². The third kappa shape index (κ3) is 2.87. The van der Waals surface area contributed by atoms with E-state index in [4.69, 9.17) is 0 Å². The highest BCUT2D eigenvalue weighted by atomic mass is 16.5. The molecule has 1 saturated heterocycles. The zero-order valence-electron chi connectivity index (χ0n) is 10.3. The number of esters is 1. The number of nitrogens with zero attached hydrogens (tertiary/aromatic N) is 1. The molecule has 1 aromatic rings. The van der Waals surface area contributed by atoms with Crippen molar-refractivity contribution >= 4 is 17.4 Å². The zero-order chi connectivity index (χ0) is 13.0. The Hall–Kier alpha value is -1.88. The highest BCUT2D eigenvalue weighted by Crippen LogP contribution is 2.16. The van der Waals surface area contributed by atoms with E-state index in [1.54, 1.807) is 12.1 Å². The number of hydrogen-bond donors (Lipinski definition) is 1. The van der Waals surface area contributed by atoms with Crippen LogP contribution in [0.5, 0.6) is 0 Å². The van der Waals surface area contributed by atoms with Crippen molar-refractivity contribution in [3.63, 3.8) is 0 Å². The minimum absolute atomic E-state index is 0.171. The molecular weight excluding hydrogens is 232 g/mol. The molecule has 1 fully saturated rings. The van der Waals surface area contributed by atoms with Gasteiger partial charge in [-0.1, -0.05) is 0 Å². The van der Waals surface area contributed by atoms with Gasteiger partial charge in [-0.2, -0.15) is 0 Å². The lowest BCUT2D eigenvalue weighted by molar-refractivity contribution is -0.116. The van der Waals surface area contributed by atoms with Crippen LogP contribution >= 0.6 is 0 Å². The number of carbonyl (C=O) groups excluding carboxylic acids is 2. The molecule has 2 rings (SSSR count). The lowest BCUT2D eigenvalue weighted by atomic mass is 10.2. The van der Waals surface area contributed by atoms with Crippen LogP contribution in [0.3, 0.4) is 0 Å². The Morgan fingerprint density at radius 1 is 1.33 bits per heavy atom. The Labute approximate surface area is 106 Å². The van der Waals surface area contributed by atoms with E-state index in [1.807, 2.05) is 17.0 Å². The van der Waals surface area contributed by atoms with Crippen molar-refractivity contribution < 1.29 is 14.3 Å². The molecule has 18 heavy (non-hydrogen) atoms. The number of nitrogens with one attached hydrogen (secondary N) is 1. The van der Waals surface area contributed by atoms with Crippen LogP contribution in [0, 0.1) is 0 Å². The van der Waals surface area contributed by atoms with Crippen LogP contribution in [0.1, 0.15) is 10.4 Å². The number of anilines is 1. The smallest absolute Gasteiger partial charge is 0.337 e. The van der Waals surface area contributed by atoms with Gasteiger partial charge in [-0.15, -0.1) is 0 Å². The fourth-order valence-electron chi connectivity index (χ4n) is 1.94. The maximum absolute atomic E-state index is 11.5. The summed E-state index contributed by atoms with van der Waals surface area (Å²) in [5, 5.41) is 3.07. The van der Waals surface area contributed by atoms with E-state index in [1.165, 1.54) is 7.11 Å². The number of benzene rings is 1. The van der Waals surface area contributed by atoms with Gasteiger partial charge >= 0.3 is 5.97 Å². The van der Waals surface area contributed by atoms with Crippen LogP contribution < -0.4 is 10.2 Å². The quantitative estimate of drug-likeness (QED) is 0.770. The third-order valence-electron chi connectivity index (χ3n) is 2.90. The van der Waals surface area contributed by atoms with Gasteiger partial charge in [0, 0.05) is 18.8 Å². The summed E-state index contributed by atoms with van der Waals surface area (Å²) in [5.41, 5.74) is 1.46. The first-order chi connectivity index (χ1) is 8.70. The lowest BCUT2D eigenvalue weighted by Gasteiger charge is -2.21. The Morgan fingerprint density at radius 2 is 2.06 bits per heavy atom. The van der Waals surface area contributed by atoms with Crippen LogP contribution in [-0.2, 0) is 9.53 Å². The fourth-order valence-corrected chi connectivity index (χ4v) is 1.94. The molecule has 1 aliphatic heterocycles. The second kappa shape index (κ2) is 5.64. The van der Waals surface area contributed by atoms with E-state index < -0.39 is 0 Å². The van der Waals surface area contributed by atoms with E-state index in [0.717, 1.165) is 18.8 Å². The Bertz CT molecular complexity index is 442. The first-order valence-corrected chi connectivity index (χ1v) is 5.86. The molecular formula is C13H16N2O3. The molecule has 0 radical (unpaired) electrons. The van der Waals surface area contributed by atoms with Gasteiger partial charge in [-0.3, -0.25) is 4.79 Å². The molecule has 1 aliphatic rings. The second-order valence-electron chi connectivity index (χ2n) is 4.18. The average molecular weight is 248 g/mol. The first-order valence-electron chi connectivity index (χ1n) is 5.86. The molecule has 0 amide bonds. The lowest BCUT2D eigenvalue weighted by Crippen LogP contribution is -2.29. The number of ketones is 1. The summed E-state index contributed by atoms with van der Waals surface area (Å²) in [6, 6.07) is 7.10. The molecule has 5 nitrogen and oxygen atoms in total. The summed E-state index contributed by atoms with van der Waals surface area (Å²) in [5.74, 6) is -0.181. The summed E-state index contributed by atoms with van der Waals surface area (Å²) < 4.78 is 4.64. The van der Waals surface area contributed by atoms with Gasteiger partial charge < -0.3 is 15.0 Å². The van der Waals surface area contributed by atoms with Crippen LogP contribution in [0.15, 0.2) is 24.3 Å². The van der Waals surface area contributed by atoms with Gasteiger partial charge in [0.2, 0.25) is 0 Å². The average Bonchev–Trinajstić information content (AvgIpc) is 2.63. The zero-order valence-corrected chi connectivity index (χ0v) is 10.3. The van der Waals surface area contributed by atoms with E-state index >= 15 is 0 Å². The molecule has 0 unspecified atom stereocenters. The van der Waals surface area contributed by atoms with Crippen molar-refractivity contribution in [3.05, 3.63) is 29.8 Å². The maximum Gasteiger partial charge on any atom is 0.337 e. The van der Waals surface area contributed by atoms with Crippen molar-refractivity contribution in [3.8, 4) is 0 Å².